The Morgan fingerprint density at radius 1 is 1.33 bits per heavy atom. The number of aromatic nitrogens is 1. The van der Waals surface area contributed by atoms with Crippen LogP contribution in [0.4, 0.5) is 0 Å². The Labute approximate surface area is 90.3 Å². The van der Waals surface area contributed by atoms with E-state index < -0.39 is 0 Å². The molecule has 0 spiro atoms. The van der Waals surface area contributed by atoms with Crippen molar-refractivity contribution in [3.63, 3.8) is 0 Å². The molecule has 0 bridgehead atoms. The van der Waals surface area contributed by atoms with Gasteiger partial charge in [0.2, 0.25) is 5.56 Å². The van der Waals surface area contributed by atoms with Crippen molar-refractivity contribution in [2.45, 2.75) is 32.9 Å². The SMILES string of the molecule is CC(C)N1CCc2c(ccc(=O)n2C)C1. The Balaban J connectivity index is 2.36. The van der Waals surface area contributed by atoms with E-state index in [-0.39, 0.29) is 5.56 Å². The summed E-state index contributed by atoms with van der Waals surface area (Å²) in [6, 6.07) is 4.23. The molecule has 0 atom stereocenters. The van der Waals surface area contributed by atoms with Crippen molar-refractivity contribution in [2.75, 3.05) is 6.54 Å². The first-order valence-electron chi connectivity index (χ1n) is 5.51. The lowest BCUT2D eigenvalue weighted by Gasteiger charge is -2.32. The van der Waals surface area contributed by atoms with Gasteiger partial charge in [0, 0.05) is 44.4 Å². The molecule has 0 saturated carbocycles. The summed E-state index contributed by atoms with van der Waals surface area (Å²) < 4.78 is 1.78. The van der Waals surface area contributed by atoms with E-state index in [9.17, 15) is 4.79 Å². The highest BCUT2D eigenvalue weighted by Crippen LogP contribution is 2.18. The molecule has 0 aromatic carbocycles. The lowest BCUT2D eigenvalue weighted by Crippen LogP contribution is -2.38. The molecule has 2 rings (SSSR count). The van der Waals surface area contributed by atoms with E-state index in [2.05, 4.69) is 18.7 Å². The van der Waals surface area contributed by atoms with Crippen molar-refractivity contribution in [1.29, 1.82) is 0 Å². The average Bonchev–Trinajstić information content (AvgIpc) is 2.23. The summed E-state index contributed by atoms with van der Waals surface area (Å²) in [6.45, 7) is 6.46. The third kappa shape index (κ3) is 1.84. The molecule has 3 nitrogen and oxygen atoms in total. The zero-order valence-corrected chi connectivity index (χ0v) is 9.66. The van der Waals surface area contributed by atoms with Gasteiger partial charge in [-0.25, -0.2) is 0 Å². The topological polar surface area (TPSA) is 25.2 Å². The summed E-state index contributed by atoms with van der Waals surface area (Å²) in [7, 11) is 1.87. The number of pyridine rings is 1. The van der Waals surface area contributed by atoms with Crippen molar-refractivity contribution in [3.8, 4) is 0 Å². The maximum absolute atomic E-state index is 11.5. The zero-order valence-electron chi connectivity index (χ0n) is 9.66. The summed E-state index contributed by atoms with van der Waals surface area (Å²) in [6.07, 6.45) is 0.986. The number of rotatable bonds is 1. The van der Waals surface area contributed by atoms with Gasteiger partial charge < -0.3 is 4.57 Å². The summed E-state index contributed by atoms with van der Waals surface area (Å²) >= 11 is 0. The van der Waals surface area contributed by atoms with Crippen molar-refractivity contribution in [3.05, 3.63) is 33.7 Å². The second kappa shape index (κ2) is 3.81. The predicted molar refractivity (Wildman–Crippen MR) is 60.9 cm³/mol. The summed E-state index contributed by atoms with van der Waals surface area (Å²) in [5.74, 6) is 0. The van der Waals surface area contributed by atoms with Crippen LogP contribution in [0, 0.1) is 0 Å². The first-order chi connectivity index (χ1) is 7.09. The lowest BCUT2D eigenvalue weighted by molar-refractivity contribution is 0.200. The maximum Gasteiger partial charge on any atom is 0.250 e. The standard InChI is InChI=1S/C12H18N2O/c1-9(2)14-7-6-11-10(8-14)4-5-12(15)13(11)3/h4-5,9H,6-8H2,1-3H3. The van der Waals surface area contributed by atoms with E-state index >= 15 is 0 Å². The second-order valence-electron chi connectivity index (χ2n) is 4.52. The van der Waals surface area contributed by atoms with Crippen molar-refractivity contribution in [2.24, 2.45) is 7.05 Å². The molecule has 0 aliphatic carbocycles. The molecule has 1 aliphatic heterocycles. The third-order valence-electron chi connectivity index (χ3n) is 3.27. The van der Waals surface area contributed by atoms with Crippen LogP contribution >= 0.6 is 0 Å². The Morgan fingerprint density at radius 3 is 2.73 bits per heavy atom. The quantitative estimate of drug-likeness (QED) is 0.688. The molecular weight excluding hydrogens is 188 g/mol. The largest absolute Gasteiger partial charge is 0.315 e. The van der Waals surface area contributed by atoms with Gasteiger partial charge >= 0.3 is 0 Å². The van der Waals surface area contributed by atoms with Crippen LogP contribution in [-0.2, 0) is 20.0 Å². The van der Waals surface area contributed by atoms with Gasteiger partial charge in [0.15, 0.2) is 0 Å². The van der Waals surface area contributed by atoms with Gasteiger partial charge in [-0.1, -0.05) is 6.07 Å². The molecule has 0 saturated heterocycles. The summed E-state index contributed by atoms with van der Waals surface area (Å²) in [5.41, 5.74) is 2.61. The minimum absolute atomic E-state index is 0.103. The molecule has 0 unspecified atom stereocenters. The van der Waals surface area contributed by atoms with E-state index in [1.54, 1.807) is 10.6 Å². The second-order valence-corrected chi connectivity index (χ2v) is 4.52. The number of hydrogen-bond donors (Lipinski definition) is 0. The molecule has 3 heteroatoms. The van der Waals surface area contributed by atoms with Gasteiger partial charge in [0.25, 0.3) is 0 Å². The first kappa shape index (κ1) is 10.4. The molecule has 1 aliphatic rings. The Bertz CT molecular complexity index is 420. The highest BCUT2D eigenvalue weighted by atomic mass is 16.1. The molecule has 2 heterocycles. The van der Waals surface area contributed by atoms with Crippen LogP contribution in [0.2, 0.25) is 0 Å². The van der Waals surface area contributed by atoms with E-state index in [0.717, 1.165) is 19.5 Å². The highest BCUT2D eigenvalue weighted by Gasteiger charge is 2.19. The van der Waals surface area contributed by atoms with Gasteiger partial charge in [0.1, 0.15) is 0 Å². The van der Waals surface area contributed by atoms with Gasteiger partial charge in [-0.3, -0.25) is 9.69 Å². The molecule has 1 aromatic rings. The minimum atomic E-state index is 0.103. The predicted octanol–water partition coefficient (Wildman–Crippen LogP) is 1.15. The van der Waals surface area contributed by atoms with E-state index in [4.69, 9.17) is 0 Å². The van der Waals surface area contributed by atoms with Crippen LogP contribution in [-0.4, -0.2) is 22.1 Å². The average molecular weight is 206 g/mol. The van der Waals surface area contributed by atoms with Crippen LogP contribution in [0.5, 0.6) is 0 Å². The zero-order chi connectivity index (χ0) is 11.0. The van der Waals surface area contributed by atoms with Crippen molar-refractivity contribution in [1.82, 2.24) is 9.47 Å². The van der Waals surface area contributed by atoms with Gasteiger partial charge in [-0.05, 0) is 19.4 Å². The van der Waals surface area contributed by atoms with Crippen LogP contribution in [0.3, 0.4) is 0 Å². The fourth-order valence-electron chi connectivity index (χ4n) is 2.19. The lowest BCUT2D eigenvalue weighted by atomic mass is 10.0. The van der Waals surface area contributed by atoms with E-state index in [1.165, 1.54) is 11.3 Å². The number of fused-ring (bicyclic) bond motifs is 1. The van der Waals surface area contributed by atoms with E-state index in [1.807, 2.05) is 13.1 Å². The summed E-state index contributed by atoms with van der Waals surface area (Å²) in [4.78, 5) is 13.9. The Morgan fingerprint density at radius 2 is 2.07 bits per heavy atom. The Kier molecular flexibility index (Phi) is 2.65. The minimum Gasteiger partial charge on any atom is -0.315 e. The van der Waals surface area contributed by atoms with Crippen LogP contribution in [0.1, 0.15) is 25.1 Å². The molecule has 0 amide bonds. The van der Waals surface area contributed by atoms with Gasteiger partial charge in [-0.2, -0.15) is 0 Å². The van der Waals surface area contributed by atoms with Crippen LogP contribution < -0.4 is 5.56 Å². The molecule has 1 aromatic heterocycles. The molecule has 15 heavy (non-hydrogen) atoms. The number of nitrogens with zero attached hydrogens (tertiary/aromatic N) is 2. The molecule has 0 N–H and O–H groups in total. The smallest absolute Gasteiger partial charge is 0.250 e. The highest BCUT2D eigenvalue weighted by molar-refractivity contribution is 5.23. The van der Waals surface area contributed by atoms with Crippen molar-refractivity contribution >= 4 is 0 Å². The fraction of sp³-hybridized carbons (Fsp3) is 0.583. The molecular formula is C12H18N2O. The molecule has 0 fully saturated rings. The first-order valence-corrected chi connectivity index (χ1v) is 5.51. The van der Waals surface area contributed by atoms with E-state index in [0.29, 0.717) is 6.04 Å². The number of hydrogen-bond acceptors (Lipinski definition) is 2. The Hall–Kier alpha value is -1.09. The molecule has 82 valence electrons. The van der Waals surface area contributed by atoms with Crippen LogP contribution in [0.15, 0.2) is 16.9 Å². The molecule has 0 radical (unpaired) electrons. The normalized spacial score (nSPS) is 16.8. The fourth-order valence-corrected chi connectivity index (χ4v) is 2.19. The van der Waals surface area contributed by atoms with Crippen LogP contribution in [0.25, 0.3) is 0 Å². The van der Waals surface area contributed by atoms with Gasteiger partial charge in [-0.15, -0.1) is 0 Å². The monoisotopic (exact) mass is 206 g/mol. The van der Waals surface area contributed by atoms with Crippen molar-refractivity contribution < 1.29 is 0 Å². The van der Waals surface area contributed by atoms with Gasteiger partial charge in [0.05, 0.1) is 0 Å². The maximum atomic E-state index is 11.5. The summed E-state index contributed by atoms with van der Waals surface area (Å²) in [5, 5.41) is 0. The third-order valence-corrected chi connectivity index (χ3v) is 3.27.